The molecule has 0 radical (unpaired) electrons. The highest BCUT2D eigenvalue weighted by molar-refractivity contribution is 9.10. The number of halogens is 1. The van der Waals surface area contributed by atoms with E-state index in [9.17, 15) is 0 Å². The standard InChI is InChI=1S/C31H32BrNO5/c1-20-25-18-24(37-29-10-3-5-16-35-29)12-14-27(25)38-31(26-13-11-22(32)19-33-26)30(20)21-7-6-8-23(17-21)36-28-9-2-4-15-34-28/h6-8,11-14,17-19,28-29,31H,2-5,9-10,15-16H2,1H3. The smallest absolute Gasteiger partial charge is 0.199 e. The number of ether oxygens (including phenoxy) is 5. The van der Waals surface area contributed by atoms with E-state index >= 15 is 0 Å². The lowest BCUT2D eigenvalue weighted by Gasteiger charge is -2.31. The second kappa shape index (κ2) is 11.5. The number of hydrogen-bond acceptors (Lipinski definition) is 6. The summed E-state index contributed by atoms with van der Waals surface area (Å²) in [6.07, 6.45) is 7.25. The Morgan fingerprint density at radius 1 is 0.842 bits per heavy atom. The van der Waals surface area contributed by atoms with Crippen molar-refractivity contribution in [1.82, 2.24) is 4.98 Å². The Kier molecular flexibility index (Phi) is 7.68. The van der Waals surface area contributed by atoms with Crippen molar-refractivity contribution in [1.29, 1.82) is 0 Å². The molecule has 2 saturated heterocycles. The molecular formula is C31H32BrNO5. The van der Waals surface area contributed by atoms with Crippen molar-refractivity contribution in [3.63, 3.8) is 0 Å². The van der Waals surface area contributed by atoms with Gasteiger partial charge in [-0.3, -0.25) is 4.98 Å². The van der Waals surface area contributed by atoms with Crippen LogP contribution in [0.5, 0.6) is 17.2 Å². The van der Waals surface area contributed by atoms with Crippen LogP contribution >= 0.6 is 15.9 Å². The van der Waals surface area contributed by atoms with E-state index in [-0.39, 0.29) is 18.7 Å². The van der Waals surface area contributed by atoms with E-state index in [2.05, 4.69) is 41.1 Å². The molecular weight excluding hydrogens is 546 g/mol. The van der Waals surface area contributed by atoms with Crippen molar-refractivity contribution < 1.29 is 23.7 Å². The molecule has 6 rings (SSSR count). The molecule has 198 valence electrons. The van der Waals surface area contributed by atoms with Crippen LogP contribution in [-0.4, -0.2) is 30.8 Å². The Labute approximate surface area is 232 Å². The number of benzene rings is 2. The van der Waals surface area contributed by atoms with Crippen molar-refractivity contribution in [3.05, 3.63) is 82.1 Å². The fourth-order valence-electron chi connectivity index (χ4n) is 5.27. The van der Waals surface area contributed by atoms with E-state index in [0.717, 1.165) is 101 Å². The van der Waals surface area contributed by atoms with Gasteiger partial charge in [-0.05, 0) is 102 Å². The zero-order valence-electron chi connectivity index (χ0n) is 21.5. The Hall–Kier alpha value is -2.87. The molecule has 4 heterocycles. The van der Waals surface area contributed by atoms with Gasteiger partial charge in [-0.2, -0.15) is 0 Å². The molecule has 2 fully saturated rings. The monoisotopic (exact) mass is 577 g/mol. The molecule has 38 heavy (non-hydrogen) atoms. The van der Waals surface area contributed by atoms with Crippen molar-refractivity contribution >= 4 is 27.1 Å². The normalized spacial score (nSPS) is 23.4. The molecule has 3 aromatic rings. The maximum Gasteiger partial charge on any atom is 0.199 e. The zero-order chi connectivity index (χ0) is 25.9. The third-order valence-electron chi connectivity index (χ3n) is 7.24. The van der Waals surface area contributed by atoms with Gasteiger partial charge in [0.1, 0.15) is 17.2 Å². The molecule has 3 aliphatic heterocycles. The average molecular weight is 579 g/mol. The lowest BCUT2D eigenvalue weighted by Crippen LogP contribution is -2.25. The van der Waals surface area contributed by atoms with Gasteiger partial charge in [-0.1, -0.05) is 12.1 Å². The van der Waals surface area contributed by atoms with Crippen LogP contribution in [0.15, 0.2) is 65.3 Å². The predicted molar refractivity (Wildman–Crippen MR) is 149 cm³/mol. The summed E-state index contributed by atoms with van der Waals surface area (Å²) in [5, 5.41) is 0. The fourth-order valence-corrected chi connectivity index (χ4v) is 5.51. The summed E-state index contributed by atoms with van der Waals surface area (Å²) in [5.41, 5.74) is 5.03. The summed E-state index contributed by atoms with van der Waals surface area (Å²) in [4.78, 5) is 4.70. The van der Waals surface area contributed by atoms with Crippen molar-refractivity contribution in [2.45, 2.75) is 64.1 Å². The number of rotatable bonds is 6. The second-order valence-corrected chi connectivity index (χ2v) is 10.9. The first-order chi connectivity index (χ1) is 18.6. The van der Waals surface area contributed by atoms with E-state index < -0.39 is 0 Å². The Balaban J connectivity index is 1.37. The Morgan fingerprint density at radius 3 is 2.24 bits per heavy atom. The summed E-state index contributed by atoms with van der Waals surface area (Å²) in [7, 11) is 0. The second-order valence-electron chi connectivity index (χ2n) is 9.95. The quantitative estimate of drug-likeness (QED) is 0.299. The Bertz CT molecular complexity index is 1300. The van der Waals surface area contributed by atoms with Gasteiger partial charge in [0.25, 0.3) is 0 Å². The van der Waals surface area contributed by atoms with Crippen LogP contribution in [-0.2, 0) is 9.47 Å². The van der Waals surface area contributed by atoms with Crippen LogP contribution in [0, 0.1) is 0 Å². The molecule has 0 amide bonds. The van der Waals surface area contributed by atoms with Gasteiger partial charge in [0.05, 0.1) is 18.9 Å². The molecule has 0 aliphatic carbocycles. The number of fused-ring (bicyclic) bond motifs is 1. The molecule has 6 nitrogen and oxygen atoms in total. The van der Waals surface area contributed by atoms with E-state index in [4.69, 9.17) is 28.7 Å². The van der Waals surface area contributed by atoms with Crippen LogP contribution in [0.3, 0.4) is 0 Å². The van der Waals surface area contributed by atoms with E-state index in [0.29, 0.717) is 0 Å². The zero-order valence-corrected chi connectivity index (χ0v) is 23.1. The molecule has 3 atom stereocenters. The first-order valence-electron chi connectivity index (χ1n) is 13.4. The lowest BCUT2D eigenvalue weighted by atomic mass is 9.87. The predicted octanol–water partition coefficient (Wildman–Crippen LogP) is 7.72. The number of pyridine rings is 1. The molecule has 0 N–H and O–H groups in total. The van der Waals surface area contributed by atoms with E-state index in [1.54, 1.807) is 0 Å². The topological polar surface area (TPSA) is 59.0 Å². The van der Waals surface area contributed by atoms with Gasteiger partial charge < -0.3 is 23.7 Å². The summed E-state index contributed by atoms with van der Waals surface area (Å²) < 4.78 is 31.6. The molecule has 1 aromatic heterocycles. The summed E-state index contributed by atoms with van der Waals surface area (Å²) in [6, 6.07) is 18.2. The number of aromatic nitrogens is 1. The molecule has 0 saturated carbocycles. The molecule has 0 spiro atoms. The highest BCUT2D eigenvalue weighted by Gasteiger charge is 2.31. The van der Waals surface area contributed by atoms with Crippen LogP contribution < -0.4 is 14.2 Å². The van der Waals surface area contributed by atoms with Crippen LogP contribution in [0.2, 0.25) is 0 Å². The van der Waals surface area contributed by atoms with Crippen molar-refractivity contribution in [2.24, 2.45) is 0 Å². The van der Waals surface area contributed by atoms with Gasteiger partial charge in [-0.15, -0.1) is 0 Å². The summed E-state index contributed by atoms with van der Waals surface area (Å²) in [5.74, 6) is 2.38. The van der Waals surface area contributed by atoms with Gasteiger partial charge in [-0.25, -0.2) is 0 Å². The van der Waals surface area contributed by atoms with Gasteiger partial charge in [0, 0.05) is 34.6 Å². The largest absolute Gasteiger partial charge is 0.479 e. The van der Waals surface area contributed by atoms with Crippen LogP contribution in [0.1, 0.15) is 68.4 Å². The molecule has 3 aliphatic rings. The van der Waals surface area contributed by atoms with Crippen LogP contribution in [0.4, 0.5) is 0 Å². The minimum Gasteiger partial charge on any atom is -0.479 e. The third kappa shape index (κ3) is 5.60. The van der Waals surface area contributed by atoms with Gasteiger partial charge in [0.2, 0.25) is 0 Å². The maximum absolute atomic E-state index is 6.64. The number of hydrogen-bond donors (Lipinski definition) is 0. The highest BCUT2D eigenvalue weighted by atomic mass is 79.9. The molecule has 3 unspecified atom stereocenters. The molecule has 2 aromatic carbocycles. The number of nitrogens with zero attached hydrogens (tertiary/aromatic N) is 1. The lowest BCUT2D eigenvalue weighted by molar-refractivity contribution is -0.106. The summed E-state index contributed by atoms with van der Waals surface area (Å²) in [6.45, 7) is 3.63. The van der Waals surface area contributed by atoms with E-state index in [1.807, 2.05) is 42.6 Å². The Morgan fingerprint density at radius 2 is 1.58 bits per heavy atom. The van der Waals surface area contributed by atoms with Crippen molar-refractivity contribution in [2.75, 3.05) is 13.2 Å². The van der Waals surface area contributed by atoms with Crippen molar-refractivity contribution in [3.8, 4) is 17.2 Å². The minimum absolute atomic E-state index is 0.203. The van der Waals surface area contributed by atoms with E-state index in [1.165, 1.54) is 0 Å². The minimum atomic E-state index is -0.370. The van der Waals surface area contributed by atoms with Gasteiger partial charge in [0.15, 0.2) is 18.7 Å². The first-order valence-corrected chi connectivity index (χ1v) is 14.2. The molecule has 0 bridgehead atoms. The van der Waals surface area contributed by atoms with Gasteiger partial charge >= 0.3 is 0 Å². The maximum atomic E-state index is 6.64. The fraction of sp³-hybridized carbons (Fsp3) is 0.387. The molecule has 7 heteroatoms. The SMILES string of the molecule is CC1=C(c2cccc(OC3CCCCO3)c2)C(c2ccc(Br)cn2)Oc2ccc(OC3CCCCO3)cc21. The highest BCUT2D eigenvalue weighted by Crippen LogP contribution is 2.47. The van der Waals surface area contributed by atoms with Crippen LogP contribution in [0.25, 0.3) is 11.1 Å². The average Bonchev–Trinajstić information content (AvgIpc) is 2.95. The first kappa shape index (κ1) is 25.4. The third-order valence-corrected chi connectivity index (χ3v) is 7.71. The summed E-state index contributed by atoms with van der Waals surface area (Å²) >= 11 is 3.50. The number of allylic oxidation sites excluding steroid dienone is 1.